The first-order valence-corrected chi connectivity index (χ1v) is 9.02. The molecule has 1 amide bonds. The quantitative estimate of drug-likeness (QED) is 0.713. The van der Waals surface area contributed by atoms with Crippen molar-refractivity contribution in [1.82, 2.24) is 14.8 Å². The molecule has 4 rings (SSSR count). The van der Waals surface area contributed by atoms with Crippen molar-refractivity contribution in [3.8, 4) is 5.69 Å². The van der Waals surface area contributed by atoms with E-state index in [2.05, 4.69) is 15.4 Å². The molecule has 0 atom stereocenters. The topological polar surface area (TPSA) is 80.0 Å². The number of carbonyl (C=O) groups excluding carboxylic acids is 1. The van der Waals surface area contributed by atoms with Crippen LogP contribution < -0.4 is 5.32 Å². The van der Waals surface area contributed by atoms with Gasteiger partial charge in [-0.1, -0.05) is 12.1 Å². The highest BCUT2D eigenvalue weighted by Crippen LogP contribution is 2.43. The number of hydrogen-bond donors (Lipinski definition) is 2. The summed E-state index contributed by atoms with van der Waals surface area (Å²) in [6.07, 6.45) is 8.08. The Hall–Kier alpha value is -2.51. The Balaban J connectivity index is 1.40. The minimum atomic E-state index is -0.0969. The molecular weight excluding hydrogens is 336 g/mol. The van der Waals surface area contributed by atoms with Crippen molar-refractivity contribution in [3.05, 3.63) is 58.9 Å². The molecule has 1 aromatic carbocycles. The summed E-state index contributed by atoms with van der Waals surface area (Å²) in [5.41, 5.74) is 2.50. The summed E-state index contributed by atoms with van der Waals surface area (Å²) in [6, 6.07) is 7.50. The highest BCUT2D eigenvalue weighted by atomic mass is 32.1. The van der Waals surface area contributed by atoms with Gasteiger partial charge in [0.1, 0.15) is 0 Å². The number of anilines is 1. The Morgan fingerprint density at radius 1 is 1.32 bits per heavy atom. The van der Waals surface area contributed by atoms with E-state index in [4.69, 9.17) is 0 Å². The molecule has 3 aromatic rings. The number of nitrogens with zero attached hydrogens (tertiary/aromatic N) is 3. The van der Waals surface area contributed by atoms with Crippen molar-refractivity contribution in [2.75, 3.05) is 5.32 Å². The molecule has 0 unspecified atom stereocenters. The lowest BCUT2D eigenvalue weighted by atomic mass is 10.2. The average Bonchev–Trinajstić information content (AvgIpc) is 3.20. The zero-order valence-electron chi connectivity index (χ0n) is 13.6. The van der Waals surface area contributed by atoms with Gasteiger partial charge in [0.15, 0.2) is 5.13 Å². The maximum atomic E-state index is 12.2. The van der Waals surface area contributed by atoms with Crippen molar-refractivity contribution in [2.24, 2.45) is 0 Å². The largest absolute Gasteiger partial charge is 0.392 e. The SMILES string of the molecule is O=C(Cc1cnn(-c2cccc(CO)c2)c1)Nc1ncc(C2CC2)s1. The lowest BCUT2D eigenvalue weighted by molar-refractivity contribution is -0.115. The van der Waals surface area contributed by atoms with Gasteiger partial charge in [-0.2, -0.15) is 5.10 Å². The molecule has 2 aromatic heterocycles. The molecule has 2 heterocycles. The fourth-order valence-corrected chi connectivity index (χ4v) is 3.64. The van der Waals surface area contributed by atoms with Crippen LogP contribution in [0.2, 0.25) is 0 Å². The van der Waals surface area contributed by atoms with E-state index in [1.807, 2.05) is 36.7 Å². The van der Waals surface area contributed by atoms with Crippen LogP contribution >= 0.6 is 11.3 Å². The van der Waals surface area contributed by atoms with Gasteiger partial charge in [-0.05, 0) is 42.0 Å². The first-order chi connectivity index (χ1) is 12.2. The van der Waals surface area contributed by atoms with E-state index in [-0.39, 0.29) is 18.9 Å². The summed E-state index contributed by atoms with van der Waals surface area (Å²) in [4.78, 5) is 17.7. The fourth-order valence-electron chi connectivity index (χ4n) is 2.64. The van der Waals surface area contributed by atoms with Gasteiger partial charge in [-0.15, -0.1) is 11.3 Å². The third kappa shape index (κ3) is 3.78. The van der Waals surface area contributed by atoms with Crippen LogP contribution in [0.1, 0.15) is 34.8 Å². The van der Waals surface area contributed by atoms with Gasteiger partial charge in [0.2, 0.25) is 5.91 Å². The Kier molecular flexibility index (Phi) is 4.33. The third-order valence-corrected chi connectivity index (χ3v) is 5.18. The van der Waals surface area contributed by atoms with Crippen LogP contribution in [0.4, 0.5) is 5.13 Å². The van der Waals surface area contributed by atoms with Crippen molar-refractivity contribution in [1.29, 1.82) is 0 Å². The van der Waals surface area contributed by atoms with Gasteiger partial charge in [0, 0.05) is 17.3 Å². The van der Waals surface area contributed by atoms with Crippen LogP contribution in [0.25, 0.3) is 5.69 Å². The number of rotatable bonds is 6. The molecule has 25 heavy (non-hydrogen) atoms. The van der Waals surface area contributed by atoms with Crippen LogP contribution in [-0.2, 0) is 17.8 Å². The lowest BCUT2D eigenvalue weighted by Crippen LogP contribution is -2.13. The smallest absolute Gasteiger partial charge is 0.230 e. The maximum Gasteiger partial charge on any atom is 0.230 e. The fraction of sp³-hybridized carbons (Fsp3) is 0.278. The number of hydrogen-bond acceptors (Lipinski definition) is 5. The number of benzene rings is 1. The first-order valence-electron chi connectivity index (χ1n) is 8.20. The van der Waals surface area contributed by atoms with Gasteiger partial charge >= 0.3 is 0 Å². The zero-order chi connectivity index (χ0) is 17.2. The van der Waals surface area contributed by atoms with E-state index in [9.17, 15) is 9.90 Å². The van der Waals surface area contributed by atoms with Gasteiger partial charge < -0.3 is 10.4 Å². The van der Waals surface area contributed by atoms with Gasteiger partial charge in [0.25, 0.3) is 0 Å². The summed E-state index contributed by atoms with van der Waals surface area (Å²) in [5.74, 6) is 0.552. The number of aliphatic hydroxyl groups excluding tert-OH is 1. The number of amides is 1. The average molecular weight is 354 g/mol. The predicted octanol–water partition coefficient (Wildman–Crippen LogP) is 2.88. The van der Waals surface area contributed by atoms with Gasteiger partial charge in [-0.3, -0.25) is 4.79 Å². The highest BCUT2D eigenvalue weighted by Gasteiger charge is 2.25. The molecule has 0 bridgehead atoms. The number of carbonyl (C=O) groups is 1. The van der Waals surface area contributed by atoms with Crippen LogP contribution in [0.3, 0.4) is 0 Å². The van der Waals surface area contributed by atoms with Crippen molar-refractivity contribution in [2.45, 2.75) is 31.8 Å². The first kappa shape index (κ1) is 16.0. The van der Waals surface area contributed by atoms with E-state index >= 15 is 0 Å². The van der Waals surface area contributed by atoms with Gasteiger partial charge in [-0.25, -0.2) is 9.67 Å². The van der Waals surface area contributed by atoms with E-state index < -0.39 is 0 Å². The standard InChI is InChI=1S/C18H18N4O2S/c23-11-12-2-1-3-15(6-12)22-10-13(8-20-22)7-17(24)21-18-19-9-16(25-18)14-4-5-14/h1-3,6,8-10,14,23H,4-5,7,11H2,(H,19,21,24). The molecule has 1 fully saturated rings. The van der Waals surface area contributed by atoms with E-state index in [1.54, 1.807) is 22.2 Å². The number of nitrogens with one attached hydrogen (secondary N) is 1. The second-order valence-corrected chi connectivity index (χ2v) is 7.25. The van der Waals surface area contributed by atoms with Crippen LogP contribution in [0.15, 0.2) is 42.9 Å². The second-order valence-electron chi connectivity index (χ2n) is 6.19. The number of aromatic nitrogens is 3. The van der Waals surface area contributed by atoms with Crippen molar-refractivity contribution >= 4 is 22.4 Å². The van der Waals surface area contributed by atoms with E-state index in [1.165, 1.54) is 17.7 Å². The minimum absolute atomic E-state index is 0.0129. The molecule has 128 valence electrons. The van der Waals surface area contributed by atoms with Crippen molar-refractivity contribution < 1.29 is 9.90 Å². The highest BCUT2D eigenvalue weighted by molar-refractivity contribution is 7.15. The number of aliphatic hydroxyl groups is 1. The molecule has 6 nitrogen and oxygen atoms in total. The Morgan fingerprint density at radius 2 is 2.20 bits per heavy atom. The number of thiazole rings is 1. The normalized spacial score (nSPS) is 13.8. The molecule has 0 radical (unpaired) electrons. The molecule has 2 N–H and O–H groups in total. The molecule has 7 heteroatoms. The summed E-state index contributed by atoms with van der Waals surface area (Å²) in [7, 11) is 0. The summed E-state index contributed by atoms with van der Waals surface area (Å²) in [6.45, 7) is -0.0129. The zero-order valence-corrected chi connectivity index (χ0v) is 14.4. The monoisotopic (exact) mass is 354 g/mol. The van der Waals surface area contributed by atoms with Gasteiger partial charge in [0.05, 0.1) is 24.9 Å². The van der Waals surface area contributed by atoms with Crippen LogP contribution in [0, 0.1) is 0 Å². The minimum Gasteiger partial charge on any atom is -0.392 e. The second kappa shape index (κ2) is 6.78. The third-order valence-electron chi connectivity index (χ3n) is 4.11. The maximum absolute atomic E-state index is 12.2. The van der Waals surface area contributed by atoms with Crippen LogP contribution in [0.5, 0.6) is 0 Å². The molecule has 0 spiro atoms. The predicted molar refractivity (Wildman–Crippen MR) is 95.9 cm³/mol. The summed E-state index contributed by atoms with van der Waals surface area (Å²) >= 11 is 1.56. The summed E-state index contributed by atoms with van der Waals surface area (Å²) < 4.78 is 1.70. The Morgan fingerprint density at radius 3 is 3.00 bits per heavy atom. The van der Waals surface area contributed by atoms with E-state index in [0.717, 1.165) is 16.8 Å². The molecule has 0 aliphatic heterocycles. The van der Waals surface area contributed by atoms with Crippen LogP contribution in [-0.4, -0.2) is 25.8 Å². The van der Waals surface area contributed by atoms with Crippen molar-refractivity contribution in [3.63, 3.8) is 0 Å². The summed E-state index contributed by atoms with van der Waals surface area (Å²) in [5, 5.41) is 17.0. The Bertz CT molecular complexity index is 898. The molecule has 1 aliphatic rings. The lowest BCUT2D eigenvalue weighted by Gasteiger charge is -2.03. The molecule has 0 saturated heterocycles. The molecular formula is C18H18N4O2S. The van der Waals surface area contributed by atoms with E-state index in [0.29, 0.717) is 11.0 Å². The molecule has 1 saturated carbocycles. The Labute approximate surface area is 149 Å². The molecule has 1 aliphatic carbocycles.